The lowest BCUT2D eigenvalue weighted by molar-refractivity contribution is -0.148. The number of hydrogen-bond acceptors (Lipinski definition) is 7. The molecule has 0 bridgehead atoms. The van der Waals surface area contributed by atoms with Crippen molar-refractivity contribution < 1.29 is 37.3 Å². The summed E-state index contributed by atoms with van der Waals surface area (Å²) < 4.78 is 53.9. The summed E-state index contributed by atoms with van der Waals surface area (Å²) in [4.78, 5) is 16.8. The van der Waals surface area contributed by atoms with Gasteiger partial charge in [-0.15, -0.1) is 0 Å². The van der Waals surface area contributed by atoms with E-state index in [0.717, 1.165) is 48.1 Å². The number of aliphatic imine (C=N–C) groups is 1. The molecule has 204 valence electrons. The van der Waals surface area contributed by atoms with Crippen LogP contribution in [0, 0.1) is 5.92 Å². The molecule has 2 aromatic rings. The maximum Gasteiger partial charge on any atom is 0.387 e. The molecule has 0 amide bonds. The number of hydrogen-bond donors (Lipinski definition) is 0. The van der Waals surface area contributed by atoms with Crippen molar-refractivity contribution in [2.45, 2.75) is 70.6 Å². The van der Waals surface area contributed by atoms with E-state index in [-0.39, 0.29) is 35.5 Å². The van der Waals surface area contributed by atoms with Gasteiger partial charge in [0.05, 0.1) is 32.1 Å². The average molecular weight is 530 g/mol. The highest BCUT2D eigenvalue weighted by Gasteiger charge is 2.39. The van der Waals surface area contributed by atoms with Gasteiger partial charge in [0, 0.05) is 24.0 Å². The fourth-order valence-corrected chi connectivity index (χ4v) is 5.38. The first kappa shape index (κ1) is 26.3. The summed E-state index contributed by atoms with van der Waals surface area (Å²) >= 11 is 0. The topological polar surface area (TPSA) is 75.6 Å². The van der Waals surface area contributed by atoms with Crippen LogP contribution in [-0.4, -0.2) is 50.8 Å². The number of esters is 1. The number of alkyl halides is 2. The van der Waals surface area contributed by atoms with E-state index in [0.29, 0.717) is 37.1 Å². The van der Waals surface area contributed by atoms with Crippen molar-refractivity contribution in [3.8, 4) is 23.0 Å². The zero-order chi connectivity index (χ0) is 26.8. The van der Waals surface area contributed by atoms with Crippen LogP contribution in [0.5, 0.6) is 23.0 Å². The number of halogens is 2. The molecule has 9 heteroatoms. The van der Waals surface area contributed by atoms with Gasteiger partial charge < -0.3 is 23.7 Å². The van der Waals surface area contributed by atoms with Gasteiger partial charge in [0.25, 0.3) is 0 Å². The lowest BCUT2D eigenvalue weighted by Gasteiger charge is -2.38. The quantitative estimate of drug-likeness (QED) is 0.357. The van der Waals surface area contributed by atoms with E-state index in [1.54, 1.807) is 19.2 Å². The van der Waals surface area contributed by atoms with Gasteiger partial charge >= 0.3 is 12.6 Å². The summed E-state index contributed by atoms with van der Waals surface area (Å²) in [6, 6.07) is 8.87. The van der Waals surface area contributed by atoms with Crippen LogP contribution in [-0.2, 0) is 9.53 Å². The monoisotopic (exact) mass is 529 g/mol. The Morgan fingerprint density at radius 1 is 1.03 bits per heavy atom. The van der Waals surface area contributed by atoms with Crippen molar-refractivity contribution >= 4 is 11.7 Å². The van der Waals surface area contributed by atoms with Gasteiger partial charge in [-0.1, -0.05) is 0 Å². The third kappa shape index (κ3) is 5.71. The van der Waals surface area contributed by atoms with E-state index in [9.17, 15) is 13.6 Å². The summed E-state index contributed by atoms with van der Waals surface area (Å²) in [5, 5.41) is 0. The molecule has 2 saturated carbocycles. The van der Waals surface area contributed by atoms with E-state index in [2.05, 4.69) is 0 Å². The number of carbonyl (C=O) groups excluding carboxylic acids is 1. The first-order valence-electron chi connectivity index (χ1n) is 13.2. The fourth-order valence-electron chi connectivity index (χ4n) is 5.38. The Morgan fingerprint density at radius 2 is 1.82 bits per heavy atom. The summed E-state index contributed by atoms with van der Waals surface area (Å²) in [6.07, 6.45) is 4.10. The van der Waals surface area contributed by atoms with Crippen LogP contribution in [0.1, 0.15) is 68.6 Å². The summed E-state index contributed by atoms with van der Waals surface area (Å²) in [7, 11) is 1.59. The number of rotatable bonds is 10. The molecule has 2 aliphatic carbocycles. The Labute approximate surface area is 221 Å². The highest BCUT2D eigenvalue weighted by molar-refractivity contribution is 6.15. The highest BCUT2D eigenvalue weighted by atomic mass is 19.3. The van der Waals surface area contributed by atoms with Gasteiger partial charge in [-0.3, -0.25) is 9.79 Å². The molecule has 0 radical (unpaired) electrons. The van der Waals surface area contributed by atoms with Crippen molar-refractivity contribution in [2.75, 3.05) is 20.3 Å². The molecule has 2 fully saturated rings. The van der Waals surface area contributed by atoms with Crippen molar-refractivity contribution in [1.29, 1.82) is 0 Å². The Balaban J connectivity index is 1.57. The van der Waals surface area contributed by atoms with E-state index in [4.69, 9.17) is 28.7 Å². The SMILES string of the molecule is CCOc1cc2c(cc1OC)C(c1ccc(OC(F)F)c(OCC3CC3)c1)=NC1CCC(OC(C)=O)CC21. The second-order valence-corrected chi connectivity index (χ2v) is 10.0. The van der Waals surface area contributed by atoms with Crippen molar-refractivity contribution in [1.82, 2.24) is 0 Å². The van der Waals surface area contributed by atoms with Crippen LogP contribution in [0.15, 0.2) is 35.3 Å². The first-order chi connectivity index (χ1) is 18.4. The number of fused-ring (bicyclic) bond motifs is 3. The fraction of sp³-hybridized carbons (Fsp3) is 0.517. The molecule has 3 unspecified atom stereocenters. The molecule has 0 N–H and O–H groups in total. The molecule has 7 nitrogen and oxygen atoms in total. The molecule has 0 saturated heterocycles. The van der Waals surface area contributed by atoms with E-state index < -0.39 is 6.61 Å². The lowest BCUT2D eigenvalue weighted by Crippen LogP contribution is -2.36. The minimum Gasteiger partial charge on any atom is -0.493 e. The van der Waals surface area contributed by atoms with E-state index >= 15 is 0 Å². The molecule has 1 heterocycles. The van der Waals surface area contributed by atoms with Gasteiger partial charge in [-0.05, 0) is 80.8 Å². The predicted molar refractivity (Wildman–Crippen MR) is 137 cm³/mol. The molecule has 3 aliphatic rings. The second-order valence-electron chi connectivity index (χ2n) is 10.0. The number of nitrogens with zero attached hydrogens (tertiary/aromatic N) is 1. The molecule has 38 heavy (non-hydrogen) atoms. The van der Waals surface area contributed by atoms with E-state index in [1.807, 2.05) is 19.1 Å². The van der Waals surface area contributed by atoms with Crippen LogP contribution in [0.3, 0.4) is 0 Å². The third-order valence-electron chi connectivity index (χ3n) is 7.29. The van der Waals surface area contributed by atoms with Gasteiger partial charge in [0.1, 0.15) is 6.10 Å². The molecular weight excluding hydrogens is 496 g/mol. The molecule has 3 atom stereocenters. The largest absolute Gasteiger partial charge is 0.493 e. The molecule has 2 aromatic carbocycles. The molecular formula is C29H33F2NO6. The zero-order valence-electron chi connectivity index (χ0n) is 21.9. The maximum absolute atomic E-state index is 13.1. The Morgan fingerprint density at radius 3 is 2.50 bits per heavy atom. The van der Waals surface area contributed by atoms with Crippen LogP contribution < -0.4 is 18.9 Å². The zero-order valence-corrected chi connectivity index (χ0v) is 21.9. The van der Waals surface area contributed by atoms with Gasteiger partial charge in [0.15, 0.2) is 23.0 Å². The third-order valence-corrected chi connectivity index (χ3v) is 7.29. The Kier molecular flexibility index (Phi) is 7.72. The standard InChI is InChI=1S/C29H33F2NO6/c1-4-35-27-13-20-21-12-19(37-16(2)33)8-9-23(21)32-28(22(20)14-25(27)34-3)18-7-10-24(38-29(30)31)26(11-18)36-15-17-5-6-17/h7,10-11,13-14,17,19,21,23,29H,4-6,8-9,12,15H2,1-3H3. The maximum atomic E-state index is 13.1. The highest BCUT2D eigenvalue weighted by Crippen LogP contribution is 2.46. The molecule has 5 rings (SSSR count). The lowest BCUT2D eigenvalue weighted by atomic mass is 9.74. The van der Waals surface area contributed by atoms with Gasteiger partial charge in [0.2, 0.25) is 0 Å². The minimum atomic E-state index is -2.95. The molecule has 0 spiro atoms. The van der Waals surface area contributed by atoms with Crippen LogP contribution in [0.4, 0.5) is 8.78 Å². The summed E-state index contributed by atoms with van der Waals surface area (Å²) in [6.45, 7) is 1.33. The van der Waals surface area contributed by atoms with Crippen molar-refractivity contribution in [3.63, 3.8) is 0 Å². The number of methoxy groups -OCH3 is 1. The number of ether oxygens (including phenoxy) is 5. The number of benzene rings is 2. The molecule has 0 aromatic heterocycles. The first-order valence-corrected chi connectivity index (χ1v) is 13.2. The Bertz CT molecular complexity index is 1210. The van der Waals surface area contributed by atoms with Crippen LogP contribution >= 0.6 is 0 Å². The van der Waals surface area contributed by atoms with Gasteiger partial charge in [-0.2, -0.15) is 8.78 Å². The second kappa shape index (κ2) is 11.2. The van der Waals surface area contributed by atoms with Crippen molar-refractivity contribution in [3.05, 3.63) is 47.0 Å². The summed E-state index contributed by atoms with van der Waals surface area (Å²) in [5.74, 6) is 1.68. The van der Waals surface area contributed by atoms with Crippen LogP contribution in [0.2, 0.25) is 0 Å². The average Bonchev–Trinajstić information content (AvgIpc) is 3.71. The van der Waals surface area contributed by atoms with E-state index in [1.165, 1.54) is 13.0 Å². The van der Waals surface area contributed by atoms with Crippen molar-refractivity contribution in [2.24, 2.45) is 10.9 Å². The smallest absolute Gasteiger partial charge is 0.387 e. The minimum absolute atomic E-state index is 0.00470. The normalized spacial score (nSPS) is 22.2. The molecule has 1 aliphatic heterocycles. The Hall–Kier alpha value is -3.36. The predicted octanol–water partition coefficient (Wildman–Crippen LogP) is 5.90. The van der Waals surface area contributed by atoms with Crippen LogP contribution in [0.25, 0.3) is 0 Å². The summed E-state index contributed by atoms with van der Waals surface area (Å²) in [5.41, 5.74) is 3.37. The number of carbonyl (C=O) groups is 1. The van der Waals surface area contributed by atoms with Gasteiger partial charge in [-0.25, -0.2) is 0 Å².